The summed E-state index contributed by atoms with van der Waals surface area (Å²) in [4.78, 5) is 0. The smallest absolute Gasteiger partial charge is 0.123 e. The topological polar surface area (TPSA) is 12.0 Å². The minimum Gasteiger partial charge on any atom is -0.314 e. The second-order valence-corrected chi connectivity index (χ2v) is 6.78. The van der Waals surface area contributed by atoms with Crippen molar-refractivity contribution in [1.29, 1.82) is 0 Å². The van der Waals surface area contributed by atoms with Gasteiger partial charge in [0.2, 0.25) is 0 Å². The summed E-state index contributed by atoms with van der Waals surface area (Å²) in [6.45, 7) is 7.56. The Balaban J connectivity index is 2.13. The Morgan fingerprint density at radius 1 is 1.42 bits per heavy atom. The summed E-state index contributed by atoms with van der Waals surface area (Å²) in [7, 11) is 0. The Kier molecular flexibility index (Phi) is 4.52. The second-order valence-electron chi connectivity index (χ2n) is 6.38. The van der Waals surface area contributed by atoms with Crippen LogP contribution in [0.15, 0.2) is 18.2 Å². The molecule has 0 aliphatic heterocycles. The van der Waals surface area contributed by atoms with Gasteiger partial charge >= 0.3 is 0 Å². The Morgan fingerprint density at radius 3 is 2.68 bits per heavy atom. The zero-order valence-electron chi connectivity index (χ0n) is 12.0. The van der Waals surface area contributed by atoms with Gasteiger partial charge in [-0.1, -0.05) is 32.4 Å². The van der Waals surface area contributed by atoms with Gasteiger partial charge in [-0.2, -0.15) is 0 Å². The monoisotopic (exact) mass is 283 g/mol. The minimum absolute atomic E-state index is 0.168. The molecule has 3 heteroatoms. The van der Waals surface area contributed by atoms with Gasteiger partial charge in [0.05, 0.1) is 0 Å². The largest absolute Gasteiger partial charge is 0.314 e. The molecule has 1 atom stereocenters. The number of hydrogen-bond donors (Lipinski definition) is 1. The molecule has 0 amide bonds. The van der Waals surface area contributed by atoms with Crippen LogP contribution in [0, 0.1) is 17.2 Å². The first-order chi connectivity index (χ1) is 8.90. The van der Waals surface area contributed by atoms with Crippen molar-refractivity contribution in [2.75, 3.05) is 6.54 Å². The standard InChI is InChI=1S/C16H23ClFN/c1-11(2)19-10-16(3,13-4-5-13)9-12-8-14(18)6-7-15(12)17/h6-8,11,13,19H,4-5,9-10H2,1-3H3. The molecule has 1 aromatic carbocycles. The van der Waals surface area contributed by atoms with Crippen LogP contribution in [0.3, 0.4) is 0 Å². The van der Waals surface area contributed by atoms with Crippen LogP contribution in [-0.4, -0.2) is 12.6 Å². The highest BCUT2D eigenvalue weighted by Gasteiger charge is 2.41. The van der Waals surface area contributed by atoms with E-state index in [9.17, 15) is 4.39 Å². The van der Waals surface area contributed by atoms with E-state index in [1.54, 1.807) is 12.1 Å². The Morgan fingerprint density at radius 2 is 2.11 bits per heavy atom. The van der Waals surface area contributed by atoms with Crippen molar-refractivity contribution in [2.24, 2.45) is 11.3 Å². The Bertz CT molecular complexity index is 442. The maximum Gasteiger partial charge on any atom is 0.123 e. The molecule has 106 valence electrons. The highest BCUT2D eigenvalue weighted by molar-refractivity contribution is 6.31. The van der Waals surface area contributed by atoms with Crippen LogP contribution in [0.25, 0.3) is 0 Å². The summed E-state index contributed by atoms with van der Waals surface area (Å²) in [5.74, 6) is 0.535. The van der Waals surface area contributed by atoms with Gasteiger partial charge in [-0.25, -0.2) is 4.39 Å². The molecule has 0 radical (unpaired) electrons. The van der Waals surface area contributed by atoms with E-state index in [0.717, 1.165) is 24.4 Å². The van der Waals surface area contributed by atoms with Gasteiger partial charge in [0.25, 0.3) is 0 Å². The molecular weight excluding hydrogens is 261 g/mol. The molecule has 2 rings (SSSR count). The number of benzene rings is 1. The van der Waals surface area contributed by atoms with Crippen LogP contribution in [0.4, 0.5) is 4.39 Å². The summed E-state index contributed by atoms with van der Waals surface area (Å²) in [5.41, 5.74) is 1.10. The molecule has 1 aromatic rings. The third kappa shape index (κ3) is 3.93. The lowest BCUT2D eigenvalue weighted by atomic mass is 9.78. The lowest BCUT2D eigenvalue weighted by molar-refractivity contribution is 0.248. The summed E-state index contributed by atoms with van der Waals surface area (Å²) in [6.07, 6.45) is 3.40. The molecule has 0 spiro atoms. The molecule has 0 heterocycles. The second kappa shape index (κ2) is 5.80. The van der Waals surface area contributed by atoms with Crippen molar-refractivity contribution in [1.82, 2.24) is 5.32 Å². The fourth-order valence-corrected chi connectivity index (χ4v) is 2.87. The SMILES string of the molecule is CC(C)NCC(C)(Cc1cc(F)ccc1Cl)C1CC1. The highest BCUT2D eigenvalue weighted by atomic mass is 35.5. The van der Waals surface area contributed by atoms with Crippen LogP contribution < -0.4 is 5.32 Å². The van der Waals surface area contributed by atoms with Gasteiger partial charge in [-0.3, -0.25) is 0 Å². The molecule has 1 nitrogen and oxygen atoms in total. The number of rotatable bonds is 6. The van der Waals surface area contributed by atoms with E-state index in [1.165, 1.54) is 18.9 Å². The van der Waals surface area contributed by atoms with Gasteiger partial charge in [-0.15, -0.1) is 0 Å². The minimum atomic E-state index is -0.200. The summed E-state index contributed by atoms with van der Waals surface area (Å²) >= 11 is 6.20. The van der Waals surface area contributed by atoms with Gasteiger partial charge in [0.15, 0.2) is 0 Å². The summed E-state index contributed by atoms with van der Waals surface area (Å²) < 4.78 is 13.4. The third-order valence-corrected chi connectivity index (χ3v) is 4.45. The zero-order valence-corrected chi connectivity index (χ0v) is 12.7. The Hall–Kier alpha value is -0.600. The fraction of sp³-hybridized carbons (Fsp3) is 0.625. The predicted octanol–water partition coefficient (Wildman–Crippen LogP) is 4.44. The van der Waals surface area contributed by atoms with Crippen LogP contribution in [0.2, 0.25) is 5.02 Å². The van der Waals surface area contributed by atoms with Crippen molar-refractivity contribution in [3.05, 3.63) is 34.6 Å². The van der Waals surface area contributed by atoms with Crippen molar-refractivity contribution >= 4 is 11.6 Å². The van der Waals surface area contributed by atoms with Gasteiger partial charge in [-0.05, 0) is 54.4 Å². The van der Waals surface area contributed by atoms with Crippen molar-refractivity contribution in [2.45, 2.75) is 46.1 Å². The number of nitrogens with one attached hydrogen (secondary N) is 1. The van der Waals surface area contributed by atoms with Crippen LogP contribution >= 0.6 is 11.6 Å². The Labute approximate surface area is 120 Å². The molecular formula is C16H23ClFN. The molecule has 1 N–H and O–H groups in total. The lowest BCUT2D eigenvalue weighted by Gasteiger charge is -2.31. The van der Waals surface area contributed by atoms with Crippen molar-refractivity contribution < 1.29 is 4.39 Å². The first-order valence-electron chi connectivity index (χ1n) is 7.08. The molecule has 1 unspecified atom stereocenters. The van der Waals surface area contributed by atoms with E-state index in [1.807, 2.05) is 0 Å². The average Bonchev–Trinajstić information content (AvgIpc) is 3.16. The van der Waals surface area contributed by atoms with Gasteiger partial charge < -0.3 is 5.32 Å². The first kappa shape index (κ1) is 14.8. The van der Waals surface area contributed by atoms with E-state index >= 15 is 0 Å². The predicted molar refractivity (Wildman–Crippen MR) is 79.1 cm³/mol. The summed E-state index contributed by atoms with van der Waals surface area (Å²) in [6, 6.07) is 5.14. The quantitative estimate of drug-likeness (QED) is 0.814. The van der Waals surface area contributed by atoms with E-state index < -0.39 is 0 Å². The zero-order chi connectivity index (χ0) is 14.0. The highest BCUT2D eigenvalue weighted by Crippen LogP contribution is 2.47. The number of halogens is 2. The van der Waals surface area contributed by atoms with Gasteiger partial charge in [0, 0.05) is 17.6 Å². The third-order valence-electron chi connectivity index (χ3n) is 4.08. The van der Waals surface area contributed by atoms with Crippen molar-refractivity contribution in [3.63, 3.8) is 0 Å². The fourth-order valence-electron chi connectivity index (χ4n) is 2.68. The molecule has 0 bridgehead atoms. The molecule has 0 saturated heterocycles. The maximum atomic E-state index is 13.4. The normalized spacial score (nSPS) is 18.6. The molecule has 1 fully saturated rings. The molecule has 19 heavy (non-hydrogen) atoms. The van der Waals surface area contributed by atoms with E-state index in [2.05, 4.69) is 26.1 Å². The molecule has 0 aromatic heterocycles. The number of hydrogen-bond acceptors (Lipinski definition) is 1. The van der Waals surface area contributed by atoms with Crippen LogP contribution in [-0.2, 0) is 6.42 Å². The van der Waals surface area contributed by atoms with E-state index in [4.69, 9.17) is 11.6 Å². The van der Waals surface area contributed by atoms with E-state index in [0.29, 0.717) is 11.1 Å². The molecule has 1 aliphatic rings. The van der Waals surface area contributed by atoms with Crippen LogP contribution in [0.5, 0.6) is 0 Å². The lowest BCUT2D eigenvalue weighted by Crippen LogP contribution is -2.38. The van der Waals surface area contributed by atoms with Crippen LogP contribution in [0.1, 0.15) is 39.2 Å². The summed E-state index contributed by atoms with van der Waals surface area (Å²) in [5, 5.41) is 4.20. The maximum absolute atomic E-state index is 13.4. The molecule has 1 saturated carbocycles. The molecule has 1 aliphatic carbocycles. The van der Waals surface area contributed by atoms with E-state index in [-0.39, 0.29) is 11.2 Å². The van der Waals surface area contributed by atoms with Crippen molar-refractivity contribution in [3.8, 4) is 0 Å². The average molecular weight is 284 g/mol. The van der Waals surface area contributed by atoms with Gasteiger partial charge in [0.1, 0.15) is 5.82 Å². The first-order valence-corrected chi connectivity index (χ1v) is 7.46.